The zero-order valence-corrected chi connectivity index (χ0v) is 39.4. The van der Waals surface area contributed by atoms with Crippen LogP contribution in [0.1, 0.15) is 203 Å². The van der Waals surface area contributed by atoms with E-state index in [-0.39, 0.29) is 44.3 Å². The highest BCUT2D eigenvalue weighted by molar-refractivity contribution is 6.05. The lowest BCUT2D eigenvalue weighted by atomic mass is 9.53. The number of halogens is 6. The van der Waals surface area contributed by atoms with E-state index < -0.39 is 23.5 Å². The Labute approximate surface area is 357 Å². The van der Waals surface area contributed by atoms with E-state index in [0.717, 1.165) is 68.8 Å². The molecule has 0 spiro atoms. The zero-order valence-electron chi connectivity index (χ0n) is 39.4. The maximum absolute atomic E-state index is 14.1. The van der Waals surface area contributed by atoms with E-state index >= 15 is 0 Å². The van der Waals surface area contributed by atoms with Gasteiger partial charge >= 0.3 is 12.4 Å². The van der Waals surface area contributed by atoms with Crippen LogP contribution in [0.3, 0.4) is 0 Å². The number of benzene rings is 4. The van der Waals surface area contributed by atoms with Crippen LogP contribution in [0.5, 0.6) is 0 Å². The van der Waals surface area contributed by atoms with Gasteiger partial charge in [0.1, 0.15) is 0 Å². The summed E-state index contributed by atoms with van der Waals surface area (Å²) < 4.78 is 84.9. The summed E-state index contributed by atoms with van der Waals surface area (Å²) >= 11 is 0. The molecule has 1 aliphatic rings. The average molecular weight is 831 g/mol. The standard InChI is InChI=1S/C54H68F6/c1-47(2,3)35-27-37(49(7,8)9)43(38(28-35)50(10,11)12)45-41(31-19-23-33(24-20-31)53(55,56)57)42(32-21-25-34(26-22-32)54(58,59)60)46(45)44-39(51(13,14)15)29-36(48(4,5)6)30-40(44)52(16,17)18/h19-30,45-46H,1-18H3. The Bertz CT molecular complexity index is 2020. The first-order valence-electron chi connectivity index (χ1n) is 21.3. The van der Waals surface area contributed by atoms with Crippen molar-refractivity contribution in [2.45, 2.75) is 181 Å². The minimum atomic E-state index is -4.54. The molecule has 5 rings (SSSR count). The third-order valence-electron chi connectivity index (χ3n) is 12.2. The molecular formula is C54H68F6. The van der Waals surface area contributed by atoms with E-state index in [0.29, 0.717) is 11.1 Å². The van der Waals surface area contributed by atoms with Gasteiger partial charge < -0.3 is 0 Å². The molecular weight excluding hydrogens is 763 g/mol. The molecule has 0 radical (unpaired) electrons. The summed E-state index contributed by atoms with van der Waals surface area (Å²) in [6, 6.07) is 20.1. The molecule has 2 atom stereocenters. The van der Waals surface area contributed by atoms with Crippen LogP contribution >= 0.6 is 0 Å². The summed E-state index contributed by atoms with van der Waals surface area (Å²) in [6.07, 6.45) is -9.07. The fourth-order valence-corrected chi connectivity index (χ4v) is 8.87. The van der Waals surface area contributed by atoms with Gasteiger partial charge in [-0.3, -0.25) is 0 Å². The monoisotopic (exact) mass is 831 g/mol. The number of hydrogen-bond donors (Lipinski definition) is 0. The lowest BCUT2D eigenvalue weighted by molar-refractivity contribution is -0.138. The third-order valence-corrected chi connectivity index (χ3v) is 12.2. The van der Waals surface area contributed by atoms with Crippen LogP contribution in [0, 0.1) is 0 Å². The van der Waals surface area contributed by atoms with Gasteiger partial charge in [0.25, 0.3) is 0 Å². The topological polar surface area (TPSA) is 0 Å². The number of hydrogen-bond acceptors (Lipinski definition) is 0. The van der Waals surface area contributed by atoms with Crippen molar-refractivity contribution >= 4 is 11.1 Å². The molecule has 326 valence electrons. The largest absolute Gasteiger partial charge is 0.416 e. The molecule has 0 bridgehead atoms. The van der Waals surface area contributed by atoms with E-state index in [4.69, 9.17) is 0 Å². The van der Waals surface area contributed by atoms with Crippen LogP contribution < -0.4 is 0 Å². The van der Waals surface area contributed by atoms with E-state index in [1.807, 2.05) is 0 Å². The van der Waals surface area contributed by atoms with Crippen LogP contribution in [0.2, 0.25) is 0 Å². The Morgan fingerprint density at radius 1 is 0.300 bits per heavy atom. The minimum absolute atomic E-state index is 0.184. The maximum atomic E-state index is 14.1. The minimum Gasteiger partial charge on any atom is -0.166 e. The molecule has 4 aromatic carbocycles. The second kappa shape index (κ2) is 14.9. The Kier molecular flexibility index (Phi) is 11.8. The average Bonchev–Trinajstić information content (AvgIpc) is 3.04. The second-order valence-electron chi connectivity index (χ2n) is 23.4. The fourth-order valence-electron chi connectivity index (χ4n) is 8.87. The van der Waals surface area contributed by atoms with Gasteiger partial charge in [-0.15, -0.1) is 0 Å². The van der Waals surface area contributed by atoms with Crippen LogP contribution in [0.25, 0.3) is 11.1 Å². The normalized spacial score (nSPS) is 17.6. The van der Waals surface area contributed by atoms with Gasteiger partial charge in [0.2, 0.25) is 0 Å². The molecule has 0 amide bonds. The lowest BCUT2D eigenvalue weighted by Gasteiger charge is -2.50. The van der Waals surface area contributed by atoms with E-state index in [9.17, 15) is 26.3 Å². The Balaban J connectivity index is 2.13. The highest BCUT2D eigenvalue weighted by Crippen LogP contribution is 2.66. The van der Waals surface area contributed by atoms with Crippen molar-refractivity contribution in [3.63, 3.8) is 0 Å². The number of allylic oxidation sites excluding steroid dienone is 2. The Morgan fingerprint density at radius 3 is 0.683 bits per heavy atom. The molecule has 60 heavy (non-hydrogen) atoms. The maximum Gasteiger partial charge on any atom is 0.416 e. The van der Waals surface area contributed by atoms with Crippen molar-refractivity contribution < 1.29 is 26.3 Å². The van der Waals surface area contributed by atoms with Crippen molar-refractivity contribution in [2.75, 3.05) is 0 Å². The summed E-state index contributed by atoms with van der Waals surface area (Å²) in [6.45, 7) is 39.9. The molecule has 2 unspecified atom stereocenters. The van der Waals surface area contributed by atoms with Gasteiger partial charge in [-0.25, -0.2) is 0 Å². The summed E-state index contributed by atoms with van der Waals surface area (Å²) in [5.41, 5.74) is 8.94. The van der Waals surface area contributed by atoms with Gasteiger partial charge in [0.05, 0.1) is 11.1 Å². The smallest absolute Gasteiger partial charge is 0.166 e. The van der Waals surface area contributed by atoms with Crippen molar-refractivity contribution in [1.82, 2.24) is 0 Å². The van der Waals surface area contributed by atoms with Crippen LogP contribution in [0.4, 0.5) is 26.3 Å². The van der Waals surface area contributed by atoms with E-state index in [2.05, 4.69) is 149 Å². The third kappa shape index (κ3) is 9.33. The molecule has 4 aromatic rings. The first kappa shape index (κ1) is 47.3. The SMILES string of the molecule is CC(C)(C)c1cc(C(C)(C)C)c(C2C(c3ccc(C(F)(F)F)cc3)=C(c3ccc(C(F)(F)F)cc3)C2c2c(C(C)(C)C)cc(C(C)(C)C)cc2C(C)(C)C)c(C(C)(C)C)c1. The van der Waals surface area contributed by atoms with Crippen molar-refractivity contribution in [3.8, 4) is 0 Å². The molecule has 0 heterocycles. The van der Waals surface area contributed by atoms with Crippen LogP contribution in [-0.4, -0.2) is 0 Å². The zero-order chi connectivity index (χ0) is 45.7. The molecule has 0 N–H and O–H groups in total. The van der Waals surface area contributed by atoms with Gasteiger partial charge in [0.15, 0.2) is 0 Å². The summed E-state index contributed by atoms with van der Waals surface area (Å²) in [7, 11) is 0. The molecule has 0 saturated carbocycles. The summed E-state index contributed by atoms with van der Waals surface area (Å²) in [4.78, 5) is 0. The van der Waals surface area contributed by atoms with Gasteiger partial charge in [-0.1, -0.05) is 173 Å². The van der Waals surface area contributed by atoms with Crippen LogP contribution in [-0.2, 0) is 44.8 Å². The first-order valence-corrected chi connectivity index (χ1v) is 21.3. The molecule has 6 heteroatoms. The van der Waals surface area contributed by atoms with Crippen molar-refractivity contribution in [3.05, 3.63) is 140 Å². The molecule has 0 aliphatic heterocycles. The van der Waals surface area contributed by atoms with Gasteiger partial charge in [0, 0.05) is 11.8 Å². The second-order valence-corrected chi connectivity index (χ2v) is 23.4. The quantitative estimate of drug-likeness (QED) is 0.180. The predicted molar refractivity (Wildman–Crippen MR) is 240 cm³/mol. The highest BCUT2D eigenvalue weighted by Gasteiger charge is 2.50. The molecule has 1 aliphatic carbocycles. The Morgan fingerprint density at radius 2 is 0.517 bits per heavy atom. The molecule has 0 saturated heterocycles. The summed E-state index contributed by atoms with van der Waals surface area (Å²) in [5, 5.41) is 0. The molecule has 0 nitrogen and oxygen atoms in total. The first-order chi connectivity index (χ1) is 26.8. The highest BCUT2D eigenvalue weighted by atomic mass is 19.4. The fraction of sp³-hybridized carbons (Fsp3) is 0.519. The van der Waals surface area contributed by atoms with Crippen molar-refractivity contribution in [1.29, 1.82) is 0 Å². The molecule has 0 fully saturated rings. The molecule has 0 aromatic heterocycles. The van der Waals surface area contributed by atoms with Crippen LogP contribution in [0.15, 0.2) is 72.8 Å². The number of alkyl halides is 6. The summed E-state index contributed by atoms with van der Waals surface area (Å²) in [5.74, 6) is -0.724. The lowest BCUT2D eigenvalue weighted by Crippen LogP contribution is -2.36. The predicted octanol–water partition coefficient (Wildman–Crippen LogP) is 17.0. The van der Waals surface area contributed by atoms with Crippen molar-refractivity contribution in [2.24, 2.45) is 0 Å². The van der Waals surface area contributed by atoms with E-state index in [1.165, 1.54) is 11.1 Å². The van der Waals surface area contributed by atoms with E-state index in [1.54, 1.807) is 24.3 Å². The Hall–Kier alpha value is -3.80. The number of rotatable bonds is 4. The van der Waals surface area contributed by atoms with Gasteiger partial charge in [-0.05, 0) is 124 Å². The van der Waals surface area contributed by atoms with Gasteiger partial charge in [-0.2, -0.15) is 26.3 Å².